The van der Waals surface area contributed by atoms with Gasteiger partial charge in [0.2, 0.25) is 10.0 Å². The lowest BCUT2D eigenvalue weighted by atomic mass is 10.1. The predicted octanol–water partition coefficient (Wildman–Crippen LogP) is 0.718. The van der Waals surface area contributed by atoms with Crippen molar-refractivity contribution >= 4 is 46.1 Å². The van der Waals surface area contributed by atoms with E-state index in [0.717, 1.165) is 0 Å². The molecule has 0 aliphatic carbocycles. The number of ether oxygens (including phenoxy) is 1. The molecule has 0 aromatic rings. The van der Waals surface area contributed by atoms with Crippen LogP contribution in [0.4, 0.5) is 4.79 Å². The van der Waals surface area contributed by atoms with Crippen LogP contribution in [0, 0.1) is 0 Å². The molecule has 9 nitrogen and oxygen atoms in total. The van der Waals surface area contributed by atoms with Gasteiger partial charge in [-0.15, -0.1) is 24.0 Å². The topological polar surface area (TPSA) is 112 Å². The molecule has 11 heteroatoms. The fourth-order valence-electron chi connectivity index (χ4n) is 2.03. The molecule has 1 amide bonds. The van der Waals surface area contributed by atoms with Crippen LogP contribution in [0.15, 0.2) is 4.99 Å². The van der Waals surface area contributed by atoms with Gasteiger partial charge in [-0.3, -0.25) is 4.99 Å². The Morgan fingerprint density at radius 1 is 1.27 bits per heavy atom. The first-order valence-electron chi connectivity index (χ1n) is 8.56. The van der Waals surface area contributed by atoms with E-state index in [-0.39, 0.29) is 48.4 Å². The number of halogens is 1. The van der Waals surface area contributed by atoms with E-state index in [1.807, 2.05) is 27.7 Å². The van der Waals surface area contributed by atoms with Gasteiger partial charge in [0.1, 0.15) is 5.60 Å². The fraction of sp³-hybridized carbons (Fsp3) is 0.867. The van der Waals surface area contributed by atoms with Gasteiger partial charge in [-0.05, 0) is 34.6 Å². The van der Waals surface area contributed by atoms with Crippen LogP contribution < -0.4 is 15.4 Å². The highest BCUT2D eigenvalue weighted by molar-refractivity contribution is 14.0. The van der Waals surface area contributed by atoms with Crippen molar-refractivity contribution in [3.63, 3.8) is 0 Å². The standard InChI is InChI=1S/C15H31N5O4S.HI/c1-6-16-13(17-8-9-18-25(22,23)7-2)19-12-10-20(11-12)14(21)24-15(3,4)5;/h12,18H,6-11H2,1-5H3,(H2,16,17,19);1H. The van der Waals surface area contributed by atoms with Gasteiger partial charge in [-0.25, -0.2) is 17.9 Å². The third-order valence-electron chi connectivity index (χ3n) is 3.30. The summed E-state index contributed by atoms with van der Waals surface area (Å²) in [5.74, 6) is 0.657. The highest BCUT2D eigenvalue weighted by atomic mass is 127. The normalized spacial score (nSPS) is 15.7. The summed E-state index contributed by atoms with van der Waals surface area (Å²) < 4.78 is 30.5. The quantitative estimate of drug-likeness (QED) is 0.204. The highest BCUT2D eigenvalue weighted by Crippen LogP contribution is 2.15. The number of hydrogen-bond donors (Lipinski definition) is 3. The van der Waals surface area contributed by atoms with Crippen molar-refractivity contribution in [1.82, 2.24) is 20.3 Å². The lowest BCUT2D eigenvalue weighted by molar-refractivity contribution is 0.00701. The van der Waals surface area contributed by atoms with Crippen LogP contribution in [0.2, 0.25) is 0 Å². The number of hydrogen-bond acceptors (Lipinski definition) is 5. The summed E-state index contributed by atoms with van der Waals surface area (Å²) >= 11 is 0. The lowest BCUT2D eigenvalue weighted by Crippen LogP contribution is -2.63. The van der Waals surface area contributed by atoms with E-state index in [1.54, 1.807) is 11.8 Å². The third kappa shape index (κ3) is 9.76. The molecular weight excluding hydrogens is 473 g/mol. The summed E-state index contributed by atoms with van der Waals surface area (Å²) in [6.07, 6.45) is -0.318. The smallest absolute Gasteiger partial charge is 0.410 e. The molecule has 1 saturated heterocycles. The zero-order valence-corrected chi connectivity index (χ0v) is 19.3. The second-order valence-electron chi connectivity index (χ2n) is 6.79. The van der Waals surface area contributed by atoms with Crippen molar-refractivity contribution in [1.29, 1.82) is 0 Å². The molecule has 1 rings (SSSR count). The number of aliphatic imine (C=N–C) groups is 1. The largest absolute Gasteiger partial charge is 0.444 e. The summed E-state index contributed by atoms with van der Waals surface area (Å²) in [5.41, 5.74) is -0.502. The summed E-state index contributed by atoms with van der Waals surface area (Å²) in [4.78, 5) is 17.9. The van der Waals surface area contributed by atoms with Crippen LogP contribution in [0.25, 0.3) is 0 Å². The molecule has 26 heavy (non-hydrogen) atoms. The maximum absolute atomic E-state index is 11.9. The van der Waals surface area contributed by atoms with Gasteiger partial charge in [0.25, 0.3) is 0 Å². The first kappa shape index (κ1) is 25.2. The lowest BCUT2D eigenvalue weighted by Gasteiger charge is -2.40. The zero-order chi connectivity index (χ0) is 19.1. The Balaban J connectivity index is 0.00000625. The van der Waals surface area contributed by atoms with E-state index in [0.29, 0.717) is 32.1 Å². The summed E-state index contributed by atoms with van der Waals surface area (Å²) in [7, 11) is -3.20. The Morgan fingerprint density at radius 3 is 2.38 bits per heavy atom. The first-order valence-corrected chi connectivity index (χ1v) is 10.2. The minimum Gasteiger partial charge on any atom is -0.444 e. The molecule has 0 spiro atoms. The van der Waals surface area contributed by atoms with Gasteiger partial charge in [-0.1, -0.05) is 0 Å². The number of likely N-dealkylation sites (tertiary alicyclic amines) is 1. The molecule has 1 fully saturated rings. The van der Waals surface area contributed by atoms with Crippen molar-refractivity contribution in [2.24, 2.45) is 4.99 Å². The van der Waals surface area contributed by atoms with Crippen LogP contribution >= 0.6 is 24.0 Å². The first-order chi connectivity index (χ1) is 11.6. The van der Waals surface area contributed by atoms with Crippen molar-refractivity contribution in [2.45, 2.75) is 46.3 Å². The van der Waals surface area contributed by atoms with Gasteiger partial charge in [0.15, 0.2) is 5.96 Å². The molecule has 1 aliphatic heterocycles. The molecule has 0 saturated carbocycles. The molecule has 0 radical (unpaired) electrons. The van der Waals surface area contributed by atoms with E-state index < -0.39 is 15.6 Å². The second-order valence-corrected chi connectivity index (χ2v) is 8.88. The number of carbonyl (C=O) groups is 1. The number of nitrogens with one attached hydrogen (secondary N) is 3. The minimum atomic E-state index is -3.20. The number of nitrogens with zero attached hydrogens (tertiary/aromatic N) is 2. The van der Waals surface area contributed by atoms with E-state index in [4.69, 9.17) is 4.74 Å². The Bertz CT molecular complexity index is 571. The van der Waals surface area contributed by atoms with Crippen LogP contribution in [0.5, 0.6) is 0 Å². The molecule has 0 aromatic heterocycles. The number of rotatable bonds is 7. The van der Waals surface area contributed by atoms with Crippen molar-refractivity contribution in [3.8, 4) is 0 Å². The maximum atomic E-state index is 11.9. The average molecular weight is 505 g/mol. The Labute approximate surface area is 173 Å². The van der Waals surface area contributed by atoms with Crippen molar-refractivity contribution in [3.05, 3.63) is 0 Å². The van der Waals surface area contributed by atoms with Crippen molar-refractivity contribution < 1.29 is 17.9 Å². The van der Waals surface area contributed by atoms with Crippen LogP contribution in [-0.4, -0.2) is 75.5 Å². The number of amides is 1. The fourth-order valence-corrected chi connectivity index (χ4v) is 2.64. The molecule has 0 aromatic carbocycles. The molecule has 154 valence electrons. The SMILES string of the molecule is CCNC(=NCCNS(=O)(=O)CC)NC1CN(C(=O)OC(C)(C)C)C1.I. The molecule has 0 unspecified atom stereocenters. The predicted molar refractivity (Wildman–Crippen MR) is 114 cm³/mol. The highest BCUT2D eigenvalue weighted by Gasteiger charge is 2.34. The van der Waals surface area contributed by atoms with Gasteiger partial charge < -0.3 is 20.3 Å². The Kier molecular flexibility index (Phi) is 10.8. The maximum Gasteiger partial charge on any atom is 0.410 e. The molecule has 0 atom stereocenters. The van der Waals surface area contributed by atoms with Gasteiger partial charge in [0, 0.05) is 26.2 Å². The summed E-state index contributed by atoms with van der Waals surface area (Å²) in [5, 5.41) is 6.33. The number of sulfonamides is 1. The summed E-state index contributed by atoms with van der Waals surface area (Å²) in [6, 6.07) is 0.0950. The number of guanidine groups is 1. The van der Waals surface area contributed by atoms with Crippen molar-refractivity contribution in [2.75, 3.05) is 38.5 Å². The van der Waals surface area contributed by atoms with E-state index in [2.05, 4.69) is 20.3 Å². The molecule has 1 heterocycles. The Hall–Kier alpha value is -0.820. The average Bonchev–Trinajstić information content (AvgIpc) is 2.44. The van der Waals surface area contributed by atoms with E-state index in [1.165, 1.54) is 0 Å². The Morgan fingerprint density at radius 2 is 1.88 bits per heavy atom. The second kappa shape index (κ2) is 11.1. The van der Waals surface area contributed by atoms with Crippen LogP contribution in [0.3, 0.4) is 0 Å². The monoisotopic (exact) mass is 505 g/mol. The van der Waals surface area contributed by atoms with Crippen LogP contribution in [0.1, 0.15) is 34.6 Å². The minimum absolute atomic E-state index is 0. The van der Waals surface area contributed by atoms with Gasteiger partial charge in [-0.2, -0.15) is 0 Å². The van der Waals surface area contributed by atoms with Gasteiger partial charge in [0.05, 0.1) is 18.3 Å². The third-order valence-corrected chi connectivity index (χ3v) is 4.71. The van der Waals surface area contributed by atoms with Crippen LogP contribution in [-0.2, 0) is 14.8 Å². The van der Waals surface area contributed by atoms with Gasteiger partial charge >= 0.3 is 6.09 Å². The molecule has 1 aliphatic rings. The molecular formula is C15H32IN5O4S. The molecule has 3 N–H and O–H groups in total. The molecule has 0 bridgehead atoms. The number of carbonyl (C=O) groups excluding carboxylic acids is 1. The summed E-state index contributed by atoms with van der Waals surface area (Å²) in [6.45, 7) is 11.4. The van der Waals surface area contributed by atoms with E-state index in [9.17, 15) is 13.2 Å². The van der Waals surface area contributed by atoms with E-state index >= 15 is 0 Å². The zero-order valence-electron chi connectivity index (χ0n) is 16.2.